The molecule has 1 unspecified atom stereocenters. The Labute approximate surface area is 95.2 Å². The average Bonchev–Trinajstić information content (AvgIpc) is 1.96. The third-order valence-corrected chi connectivity index (χ3v) is 3.11. The Morgan fingerprint density at radius 2 is 2.00 bits per heavy atom. The lowest BCUT2D eigenvalue weighted by atomic mass is 9.88. The molecule has 1 rings (SSSR count). The van der Waals surface area contributed by atoms with Gasteiger partial charge < -0.3 is 5.32 Å². The van der Waals surface area contributed by atoms with Crippen molar-refractivity contribution in [2.45, 2.75) is 26.4 Å². The maximum Gasteiger partial charge on any atom is 0.401 e. The molecule has 1 atom stereocenters. The molecule has 1 fully saturated rings. The molecule has 2 nitrogen and oxygen atoms in total. The van der Waals surface area contributed by atoms with E-state index < -0.39 is 12.7 Å². The molecule has 0 aromatic carbocycles. The average molecular weight is 238 g/mol. The molecule has 1 aliphatic rings. The Bertz CT molecular complexity index is 202. The van der Waals surface area contributed by atoms with E-state index >= 15 is 0 Å². The Kier molecular flexibility index (Phi) is 5.05. The fraction of sp³-hybridized carbons (Fsp3) is 1.00. The van der Waals surface area contributed by atoms with Gasteiger partial charge in [-0.05, 0) is 37.9 Å². The van der Waals surface area contributed by atoms with E-state index in [-0.39, 0.29) is 0 Å². The highest BCUT2D eigenvalue weighted by Gasteiger charge is 2.32. The molecule has 0 amide bonds. The largest absolute Gasteiger partial charge is 0.401 e. The number of nitrogens with one attached hydrogen (secondary N) is 1. The van der Waals surface area contributed by atoms with E-state index in [4.69, 9.17) is 0 Å². The van der Waals surface area contributed by atoms with Crippen molar-refractivity contribution < 1.29 is 13.2 Å². The SMILES string of the molecule is CCCN(CC(C)C1CNC1)CC(F)(F)F. The van der Waals surface area contributed by atoms with Gasteiger partial charge in [0.1, 0.15) is 0 Å². The van der Waals surface area contributed by atoms with E-state index in [1.165, 1.54) is 4.90 Å². The Balaban J connectivity index is 2.36. The van der Waals surface area contributed by atoms with E-state index in [0.717, 1.165) is 19.5 Å². The van der Waals surface area contributed by atoms with Crippen LogP contribution in [-0.2, 0) is 0 Å². The van der Waals surface area contributed by atoms with Crippen molar-refractivity contribution >= 4 is 0 Å². The van der Waals surface area contributed by atoms with E-state index in [2.05, 4.69) is 5.32 Å². The van der Waals surface area contributed by atoms with Crippen molar-refractivity contribution in [3.8, 4) is 0 Å². The zero-order valence-electron chi connectivity index (χ0n) is 9.98. The smallest absolute Gasteiger partial charge is 0.316 e. The highest BCUT2D eigenvalue weighted by Crippen LogP contribution is 2.21. The highest BCUT2D eigenvalue weighted by atomic mass is 19.4. The summed E-state index contributed by atoms with van der Waals surface area (Å²) < 4.78 is 37.0. The molecular weight excluding hydrogens is 217 g/mol. The molecule has 0 aromatic rings. The first kappa shape index (κ1) is 13.8. The van der Waals surface area contributed by atoms with Crippen LogP contribution in [-0.4, -0.2) is 43.8 Å². The monoisotopic (exact) mass is 238 g/mol. The number of rotatable bonds is 6. The standard InChI is InChI=1S/C11H21F3N2/c1-3-4-16(8-11(12,13)14)7-9(2)10-5-15-6-10/h9-10,15H,3-8H2,1-2H3. The quantitative estimate of drug-likeness (QED) is 0.762. The normalized spacial score (nSPS) is 19.9. The summed E-state index contributed by atoms with van der Waals surface area (Å²) in [5.74, 6) is 0.891. The summed E-state index contributed by atoms with van der Waals surface area (Å²) in [4.78, 5) is 1.53. The first-order valence-electron chi connectivity index (χ1n) is 5.92. The minimum atomic E-state index is -4.08. The topological polar surface area (TPSA) is 15.3 Å². The van der Waals surface area contributed by atoms with Gasteiger partial charge in [0.25, 0.3) is 0 Å². The predicted octanol–water partition coefficient (Wildman–Crippen LogP) is 2.12. The Hall–Kier alpha value is -0.290. The Morgan fingerprint density at radius 3 is 2.38 bits per heavy atom. The van der Waals surface area contributed by atoms with Crippen LogP contribution in [0.2, 0.25) is 0 Å². The highest BCUT2D eigenvalue weighted by molar-refractivity contribution is 4.81. The molecule has 0 spiro atoms. The lowest BCUT2D eigenvalue weighted by molar-refractivity contribution is -0.147. The van der Waals surface area contributed by atoms with Crippen molar-refractivity contribution in [1.82, 2.24) is 10.2 Å². The van der Waals surface area contributed by atoms with Crippen LogP contribution in [0.3, 0.4) is 0 Å². The molecule has 1 saturated heterocycles. The van der Waals surface area contributed by atoms with Gasteiger partial charge >= 0.3 is 6.18 Å². The van der Waals surface area contributed by atoms with Crippen molar-refractivity contribution in [2.24, 2.45) is 11.8 Å². The number of nitrogens with zero attached hydrogens (tertiary/aromatic N) is 1. The van der Waals surface area contributed by atoms with Gasteiger partial charge in [-0.15, -0.1) is 0 Å². The molecule has 16 heavy (non-hydrogen) atoms. The lowest BCUT2D eigenvalue weighted by Crippen LogP contribution is -2.49. The van der Waals surface area contributed by atoms with Crippen LogP contribution in [0, 0.1) is 11.8 Å². The van der Waals surface area contributed by atoms with E-state index in [1.54, 1.807) is 0 Å². The number of hydrogen-bond donors (Lipinski definition) is 1. The van der Waals surface area contributed by atoms with Crippen LogP contribution in [0.25, 0.3) is 0 Å². The zero-order chi connectivity index (χ0) is 12.2. The molecule has 1 N–H and O–H groups in total. The molecule has 5 heteroatoms. The summed E-state index contributed by atoms with van der Waals surface area (Å²) in [5, 5.41) is 3.15. The van der Waals surface area contributed by atoms with Crippen LogP contribution in [0.4, 0.5) is 13.2 Å². The van der Waals surface area contributed by atoms with Crippen molar-refractivity contribution in [2.75, 3.05) is 32.7 Å². The molecule has 0 aromatic heterocycles. The summed E-state index contributed by atoms with van der Waals surface area (Å²) in [7, 11) is 0. The molecular formula is C11H21F3N2. The summed E-state index contributed by atoms with van der Waals surface area (Å²) in [6, 6.07) is 0. The number of halogens is 3. The minimum absolute atomic E-state index is 0.343. The van der Waals surface area contributed by atoms with Gasteiger partial charge in [-0.1, -0.05) is 13.8 Å². The fourth-order valence-electron chi connectivity index (χ4n) is 2.07. The van der Waals surface area contributed by atoms with Crippen molar-refractivity contribution in [3.05, 3.63) is 0 Å². The summed E-state index contributed by atoms with van der Waals surface area (Å²) in [5.41, 5.74) is 0. The third kappa shape index (κ3) is 4.70. The van der Waals surface area contributed by atoms with Crippen LogP contribution in [0.15, 0.2) is 0 Å². The van der Waals surface area contributed by atoms with Crippen molar-refractivity contribution in [1.29, 1.82) is 0 Å². The minimum Gasteiger partial charge on any atom is -0.316 e. The molecule has 0 radical (unpaired) electrons. The molecule has 1 heterocycles. The summed E-state index contributed by atoms with van der Waals surface area (Å²) >= 11 is 0. The van der Waals surface area contributed by atoms with Crippen molar-refractivity contribution in [3.63, 3.8) is 0 Å². The van der Waals surface area contributed by atoms with Crippen LogP contribution >= 0.6 is 0 Å². The second kappa shape index (κ2) is 5.87. The maximum atomic E-state index is 12.3. The summed E-state index contributed by atoms with van der Waals surface area (Å²) in [6.07, 6.45) is -3.31. The maximum absolute atomic E-state index is 12.3. The van der Waals surface area contributed by atoms with Crippen LogP contribution < -0.4 is 5.32 Å². The van der Waals surface area contributed by atoms with Gasteiger partial charge in [-0.3, -0.25) is 4.90 Å². The van der Waals surface area contributed by atoms with Gasteiger partial charge in [0, 0.05) is 6.54 Å². The predicted molar refractivity (Wildman–Crippen MR) is 58.3 cm³/mol. The molecule has 0 saturated carbocycles. The van der Waals surface area contributed by atoms with Crippen LogP contribution in [0.1, 0.15) is 20.3 Å². The van der Waals surface area contributed by atoms with Gasteiger partial charge in [-0.25, -0.2) is 0 Å². The number of alkyl halides is 3. The van der Waals surface area contributed by atoms with Crippen LogP contribution in [0.5, 0.6) is 0 Å². The first-order chi connectivity index (χ1) is 7.42. The van der Waals surface area contributed by atoms with Gasteiger partial charge in [0.05, 0.1) is 6.54 Å². The fourth-order valence-corrected chi connectivity index (χ4v) is 2.07. The third-order valence-electron chi connectivity index (χ3n) is 3.11. The molecule has 96 valence electrons. The Morgan fingerprint density at radius 1 is 1.38 bits per heavy atom. The van der Waals surface area contributed by atoms with Gasteiger partial charge in [0.15, 0.2) is 0 Å². The van der Waals surface area contributed by atoms with Gasteiger partial charge in [-0.2, -0.15) is 13.2 Å². The molecule has 0 aliphatic carbocycles. The molecule has 0 bridgehead atoms. The van der Waals surface area contributed by atoms with E-state index in [0.29, 0.717) is 24.9 Å². The number of hydrogen-bond acceptors (Lipinski definition) is 2. The second-order valence-corrected chi connectivity index (χ2v) is 4.75. The second-order valence-electron chi connectivity index (χ2n) is 4.75. The van der Waals surface area contributed by atoms with E-state index in [9.17, 15) is 13.2 Å². The van der Waals surface area contributed by atoms with E-state index in [1.807, 2.05) is 13.8 Å². The first-order valence-corrected chi connectivity index (χ1v) is 5.92. The summed E-state index contributed by atoms with van der Waals surface area (Å²) in [6.45, 7) is 6.18. The molecule has 1 aliphatic heterocycles. The zero-order valence-corrected chi connectivity index (χ0v) is 9.98. The lowest BCUT2D eigenvalue weighted by Gasteiger charge is -2.36. The van der Waals surface area contributed by atoms with Gasteiger partial charge in [0.2, 0.25) is 0 Å².